The molecule has 0 bridgehead atoms. The van der Waals surface area contributed by atoms with E-state index in [0.29, 0.717) is 12.0 Å². The van der Waals surface area contributed by atoms with E-state index in [1.54, 1.807) is 0 Å². The Kier molecular flexibility index (Phi) is 2.55. The molecule has 0 saturated carbocycles. The third-order valence-corrected chi connectivity index (χ3v) is 3.25. The number of nitrogens with zero attached hydrogens (tertiary/aromatic N) is 2. The number of likely N-dealkylation sites (tertiary alicyclic amines) is 2. The van der Waals surface area contributed by atoms with Gasteiger partial charge in [-0.1, -0.05) is 0 Å². The lowest BCUT2D eigenvalue weighted by atomic mass is 9.79. The van der Waals surface area contributed by atoms with Gasteiger partial charge in [-0.15, -0.1) is 0 Å². The van der Waals surface area contributed by atoms with E-state index in [2.05, 4.69) is 21.7 Å². The summed E-state index contributed by atoms with van der Waals surface area (Å²) in [5.74, 6) is 5.01. The standard InChI is InChI=1S/C9H19N3O/c1-11-6-9(7-11)2-3-12(8-9)4-5-13-10/h2-8,10H2,1H3. The maximum absolute atomic E-state index is 5.01. The van der Waals surface area contributed by atoms with Crippen LogP contribution in [-0.4, -0.2) is 56.2 Å². The van der Waals surface area contributed by atoms with Crippen LogP contribution in [0.5, 0.6) is 0 Å². The first-order valence-electron chi connectivity index (χ1n) is 4.97. The quantitative estimate of drug-likeness (QED) is 0.603. The highest BCUT2D eigenvalue weighted by molar-refractivity contribution is 4.99. The van der Waals surface area contributed by atoms with Crippen LogP contribution in [0.1, 0.15) is 6.42 Å². The fourth-order valence-corrected chi connectivity index (χ4v) is 2.76. The molecule has 2 heterocycles. The SMILES string of the molecule is CN1CC2(CCN(CCON)C2)C1. The molecule has 0 atom stereocenters. The Labute approximate surface area is 79.6 Å². The monoisotopic (exact) mass is 185 g/mol. The number of nitrogens with two attached hydrogens (primary N) is 1. The molecule has 2 aliphatic rings. The Balaban J connectivity index is 1.75. The number of hydrogen-bond donors (Lipinski definition) is 1. The van der Waals surface area contributed by atoms with E-state index < -0.39 is 0 Å². The number of hydrogen-bond acceptors (Lipinski definition) is 4. The maximum Gasteiger partial charge on any atom is 0.0806 e. The Morgan fingerprint density at radius 3 is 2.77 bits per heavy atom. The lowest BCUT2D eigenvalue weighted by molar-refractivity contribution is 0.0270. The predicted octanol–water partition coefficient (Wildman–Crippen LogP) is -0.486. The van der Waals surface area contributed by atoms with Crippen LogP contribution in [0, 0.1) is 5.41 Å². The van der Waals surface area contributed by atoms with Crippen molar-refractivity contribution in [2.75, 3.05) is 46.4 Å². The molecule has 0 aromatic rings. The van der Waals surface area contributed by atoms with Gasteiger partial charge in [0.2, 0.25) is 0 Å². The van der Waals surface area contributed by atoms with Gasteiger partial charge in [0.1, 0.15) is 0 Å². The normalized spacial score (nSPS) is 28.2. The van der Waals surface area contributed by atoms with Gasteiger partial charge in [0.15, 0.2) is 0 Å². The van der Waals surface area contributed by atoms with Gasteiger partial charge in [-0.2, -0.15) is 0 Å². The zero-order valence-electron chi connectivity index (χ0n) is 8.33. The molecule has 0 aliphatic carbocycles. The molecule has 0 aromatic carbocycles. The topological polar surface area (TPSA) is 41.7 Å². The highest BCUT2D eigenvalue weighted by atomic mass is 16.6. The molecule has 0 amide bonds. The third-order valence-electron chi connectivity index (χ3n) is 3.25. The minimum absolute atomic E-state index is 0.614. The van der Waals surface area contributed by atoms with Crippen molar-refractivity contribution < 1.29 is 4.84 Å². The number of rotatable bonds is 3. The molecule has 4 heteroatoms. The second-order valence-electron chi connectivity index (χ2n) is 4.57. The first kappa shape index (κ1) is 9.40. The zero-order chi connectivity index (χ0) is 9.31. The van der Waals surface area contributed by atoms with Gasteiger partial charge in [-0.05, 0) is 20.0 Å². The average molecular weight is 185 g/mol. The van der Waals surface area contributed by atoms with Crippen molar-refractivity contribution in [2.24, 2.45) is 11.3 Å². The Hall–Kier alpha value is -0.160. The van der Waals surface area contributed by atoms with Crippen molar-refractivity contribution in [1.29, 1.82) is 0 Å². The molecule has 4 nitrogen and oxygen atoms in total. The van der Waals surface area contributed by atoms with E-state index in [4.69, 9.17) is 5.90 Å². The lowest BCUT2D eigenvalue weighted by Crippen LogP contribution is -2.55. The van der Waals surface area contributed by atoms with Crippen molar-refractivity contribution >= 4 is 0 Å². The van der Waals surface area contributed by atoms with Gasteiger partial charge in [-0.3, -0.25) is 0 Å². The van der Waals surface area contributed by atoms with E-state index in [0.717, 1.165) is 6.54 Å². The van der Waals surface area contributed by atoms with Gasteiger partial charge < -0.3 is 14.6 Å². The first-order valence-corrected chi connectivity index (χ1v) is 4.97. The van der Waals surface area contributed by atoms with Crippen LogP contribution in [0.4, 0.5) is 0 Å². The third kappa shape index (κ3) is 1.86. The van der Waals surface area contributed by atoms with Crippen LogP contribution in [0.15, 0.2) is 0 Å². The van der Waals surface area contributed by atoms with E-state index in [1.165, 1.54) is 32.6 Å². The summed E-state index contributed by atoms with van der Waals surface area (Å²) in [5.41, 5.74) is 0.614. The first-order chi connectivity index (χ1) is 6.24. The van der Waals surface area contributed by atoms with E-state index in [-0.39, 0.29) is 0 Å². The summed E-state index contributed by atoms with van der Waals surface area (Å²) in [5, 5.41) is 0. The van der Waals surface area contributed by atoms with Crippen molar-refractivity contribution in [1.82, 2.24) is 9.80 Å². The molecule has 76 valence electrons. The summed E-state index contributed by atoms with van der Waals surface area (Å²) >= 11 is 0. The molecule has 1 spiro atoms. The molecular formula is C9H19N3O. The second kappa shape index (κ2) is 3.53. The summed E-state index contributed by atoms with van der Waals surface area (Å²) < 4.78 is 0. The molecule has 2 aliphatic heterocycles. The molecule has 13 heavy (non-hydrogen) atoms. The summed E-state index contributed by atoms with van der Waals surface area (Å²) in [4.78, 5) is 9.44. The van der Waals surface area contributed by atoms with E-state index in [1.807, 2.05) is 0 Å². The van der Waals surface area contributed by atoms with Crippen LogP contribution >= 0.6 is 0 Å². The van der Waals surface area contributed by atoms with Crippen molar-refractivity contribution in [3.8, 4) is 0 Å². The van der Waals surface area contributed by atoms with E-state index in [9.17, 15) is 0 Å². The van der Waals surface area contributed by atoms with Crippen molar-refractivity contribution in [3.63, 3.8) is 0 Å². The largest absolute Gasteiger partial charge is 0.305 e. The van der Waals surface area contributed by atoms with Gasteiger partial charge in [0, 0.05) is 31.6 Å². The second-order valence-corrected chi connectivity index (χ2v) is 4.57. The van der Waals surface area contributed by atoms with E-state index >= 15 is 0 Å². The molecule has 2 N–H and O–H groups in total. The van der Waals surface area contributed by atoms with Crippen LogP contribution in [0.2, 0.25) is 0 Å². The minimum Gasteiger partial charge on any atom is -0.305 e. The minimum atomic E-state index is 0.614. The fraction of sp³-hybridized carbons (Fsp3) is 1.00. The van der Waals surface area contributed by atoms with Crippen LogP contribution in [0.3, 0.4) is 0 Å². The van der Waals surface area contributed by atoms with Crippen LogP contribution in [0.25, 0.3) is 0 Å². The van der Waals surface area contributed by atoms with Crippen molar-refractivity contribution in [2.45, 2.75) is 6.42 Å². The Morgan fingerprint density at radius 2 is 2.15 bits per heavy atom. The molecule has 0 aromatic heterocycles. The molecule has 2 fully saturated rings. The molecule has 0 unspecified atom stereocenters. The molecular weight excluding hydrogens is 166 g/mol. The summed E-state index contributed by atoms with van der Waals surface area (Å²) in [6.07, 6.45) is 1.35. The summed E-state index contributed by atoms with van der Waals surface area (Å²) in [6, 6.07) is 0. The molecule has 2 rings (SSSR count). The highest BCUT2D eigenvalue weighted by Crippen LogP contribution is 2.38. The summed E-state index contributed by atoms with van der Waals surface area (Å²) in [6.45, 7) is 6.64. The van der Waals surface area contributed by atoms with Crippen LogP contribution < -0.4 is 5.90 Å². The smallest absolute Gasteiger partial charge is 0.0806 e. The average Bonchev–Trinajstić information content (AvgIpc) is 2.45. The predicted molar refractivity (Wildman–Crippen MR) is 51.1 cm³/mol. The molecule has 0 radical (unpaired) electrons. The Bertz CT molecular complexity index is 180. The van der Waals surface area contributed by atoms with Gasteiger partial charge in [0.05, 0.1) is 6.61 Å². The maximum atomic E-state index is 5.01. The van der Waals surface area contributed by atoms with Gasteiger partial charge >= 0.3 is 0 Å². The Morgan fingerprint density at radius 1 is 1.38 bits per heavy atom. The highest BCUT2D eigenvalue weighted by Gasteiger charge is 2.45. The van der Waals surface area contributed by atoms with Gasteiger partial charge in [-0.25, -0.2) is 5.90 Å². The summed E-state index contributed by atoms with van der Waals surface area (Å²) in [7, 11) is 2.19. The zero-order valence-corrected chi connectivity index (χ0v) is 8.33. The lowest BCUT2D eigenvalue weighted by Gasteiger charge is -2.46. The molecule has 2 saturated heterocycles. The fourth-order valence-electron chi connectivity index (χ4n) is 2.76. The van der Waals surface area contributed by atoms with Gasteiger partial charge in [0.25, 0.3) is 0 Å². The van der Waals surface area contributed by atoms with Crippen molar-refractivity contribution in [3.05, 3.63) is 0 Å². The van der Waals surface area contributed by atoms with Crippen LogP contribution in [-0.2, 0) is 4.84 Å².